The molecule has 0 aliphatic rings. The van der Waals surface area contributed by atoms with Crippen LogP contribution >= 0.6 is 15.9 Å². The molecule has 4 nitrogen and oxygen atoms in total. The average Bonchev–Trinajstić information content (AvgIpc) is 2.08. The first-order valence-corrected chi connectivity index (χ1v) is 4.84. The molecule has 3 N–H and O–H groups in total. The number of amides is 1. The summed E-state index contributed by atoms with van der Waals surface area (Å²) >= 11 is 3.27. The summed E-state index contributed by atoms with van der Waals surface area (Å²) in [7, 11) is 3.50. The molecule has 0 saturated carbocycles. The van der Waals surface area contributed by atoms with Gasteiger partial charge in [0.25, 0.3) is 5.91 Å². The van der Waals surface area contributed by atoms with Crippen molar-refractivity contribution in [2.45, 2.75) is 0 Å². The number of hydrogen-bond acceptors (Lipinski definition) is 3. The van der Waals surface area contributed by atoms with Gasteiger partial charge in [0, 0.05) is 19.8 Å². The summed E-state index contributed by atoms with van der Waals surface area (Å²) in [6.45, 7) is 0. The van der Waals surface area contributed by atoms with Crippen molar-refractivity contribution in [3.63, 3.8) is 0 Å². The maximum atomic E-state index is 11.6. The predicted molar refractivity (Wildman–Crippen MR) is 59.7 cm³/mol. The van der Waals surface area contributed by atoms with E-state index >= 15 is 0 Å². The second-order valence-corrected chi connectivity index (χ2v) is 3.84. The molecule has 0 saturated heterocycles. The van der Waals surface area contributed by atoms with Gasteiger partial charge in [-0.05, 0) is 28.1 Å². The smallest absolute Gasteiger partial charge is 0.266 e. The molecule has 0 unspecified atom stereocenters. The summed E-state index contributed by atoms with van der Waals surface area (Å²) in [6, 6.07) is 5.18. The SMILES string of the molecule is CN(C)NC(=O)c1cccc(N)c1Br. The molecule has 1 amide bonds. The van der Waals surface area contributed by atoms with Crippen molar-refractivity contribution < 1.29 is 4.79 Å². The van der Waals surface area contributed by atoms with E-state index in [1.54, 1.807) is 37.3 Å². The lowest BCUT2D eigenvalue weighted by Gasteiger charge is -2.13. The Balaban J connectivity index is 2.96. The molecule has 0 spiro atoms. The number of benzene rings is 1. The van der Waals surface area contributed by atoms with E-state index in [4.69, 9.17) is 5.73 Å². The van der Waals surface area contributed by atoms with Crippen LogP contribution in [0.25, 0.3) is 0 Å². The zero-order valence-electron chi connectivity index (χ0n) is 8.04. The lowest BCUT2D eigenvalue weighted by atomic mass is 10.2. The molecule has 1 aromatic carbocycles. The van der Waals surface area contributed by atoms with E-state index in [0.29, 0.717) is 15.7 Å². The zero-order valence-corrected chi connectivity index (χ0v) is 9.63. The molecule has 5 heteroatoms. The summed E-state index contributed by atoms with van der Waals surface area (Å²) in [5.74, 6) is -0.186. The fraction of sp³-hybridized carbons (Fsp3) is 0.222. The maximum Gasteiger partial charge on any atom is 0.266 e. The van der Waals surface area contributed by atoms with E-state index in [0.717, 1.165) is 0 Å². The van der Waals surface area contributed by atoms with Crippen LogP contribution in [0.4, 0.5) is 5.69 Å². The number of nitrogen functional groups attached to an aromatic ring is 1. The Kier molecular flexibility index (Phi) is 3.49. The van der Waals surface area contributed by atoms with Gasteiger partial charge in [0.15, 0.2) is 0 Å². The quantitative estimate of drug-likeness (QED) is 0.619. The maximum absolute atomic E-state index is 11.6. The van der Waals surface area contributed by atoms with Gasteiger partial charge >= 0.3 is 0 Å². The second kappa shape index (κ2) is 4.43. The first kappa shape index (κ1) is 11.0. The summed E-state index contributed by atoms with van der Waals surface area (Å²) < 4.78 is 0.624. The summed E-state index contributed by atoms with van der Waals surface area (Å²) in [5, 5.41) is 1.58. The number of rotatable bonds is 2. The summed E-state index contributed by atoms with van der Waals surface area (Å²) in [6.07, 6.45) is 0. The van der Waals surface area contributed by atoms with Crippen molar-refractivity contribution in [2.24, 2.45) is 0 Å². The number of nitrogens with two attached hydrogens (primary N) is 1. The number of halogens is 1. The fourth-order valence-corrected chi connectivity index (χ4v) is 1.43. The van der Waals surface area contributed by atoms with Gasteiger partial charge < -0.3 is 5.73 Å². The van der Waals surface area contributed by atoms with E-state index < -0.39 is 0 Å². The van der Waals surface area contributed by atoms with Crippen LogP contribution in [0.5, 0.6) is 0 Å². The third-order valence-electron chi connectivity index (χ3n) is 1.60. The zero-order chi connectivity index (χ0) is 10.7. The standard InChI is InChI=1S/C9H12BrN3O/c1-13(2)12-9(14)6-4-3-5-7(11)8(6)10/h3-5H,11H2,1-2H3,(H,12,14). The number of nitrogens with zero attached hydrogens (tertiary/aromatic N) is 1. The van der Waals surface area contributed by atoms with Crippen molar-refractivity contribution in [3.05, 3.63) is 28.2 Å². The molecule has 0 aliphatic carbocycles. The highest BCUT2D eigenvalue weighted by molar-refractivity contribution is 9.10. The first-order chi connectivity index (χ1) is 6.52. The van der Waals surface area contributed by atoms with Gasteiger partial charge in [0.2, 0.25) is 0 Å². The molecule has 1 rings (SSSR count). The van der Waals surface area contributed by atoms with Crippen molar-refractivity contribution in [1.82, 2.24) is 10.4 Å². The Hall–Kier alpha value is -1.07. The molecule has 0 radical (unpaired) electrons. The average molecular weight is 258 g/mol. The largest absolute Gasteiger partial charge is 0.398 e. The van der Waals surface area contributed by atoms with Crippen LogP contribution in [-0.2, 0) is 0 Å². The lowest BCUT2D eigenvalue weighted by Crippen LogP contribution is -2.36. The van der Waals surface area contributed by atoms with Gasteiger partial charge in [-0.3, -0.25) is 10.2 Å². The van der Waals surface area contributed by atoms with E-state index in [9.17, 15) is 4.79 Å². The number of anilines is 1. The van der Waals surface area contributed by atoms with Crippen LogP contribution in [0.3, 0.4) is 0 Å². The number of carbonyl (C=O) groups is 1. The number of hydrazine groups is 1. The van der Waals surface area contributed by atoms with E-state index in [1.807, 2.05) is 0 Å². The molecule has 0 atom stereocenters. The van der Waals surface area contributed by atoms with Gasteiger partial charge in [-0.15, -0.1) is 0 Å². The minimum absolute atomic E-state index is 0.186. The Morgan fingerprint density at radius 3 is 2.71 bits per heavy atom. The molecule has 1 aromatic rings. The van der Waals surface area contributed by atoms with Crippen molar-refractivity contribution >= 4 is 27.5 Å². The topological polar surface area (TPSA) is 58.4 Å². The lowest BCUT2D eigenvalue weighted by molar-refractivity contribution is 0.0856. The second-order valence-electron chi connectivity index (χ2n) is 3.04. The molecule has 0 aromatic heterocycles. The number of nitrogens with one attached hydrogen (secondary N) is 1. The van der Waals surface area contributed by atoms with Crippen LogP contribution in [-0.4, -0.2) is 25.0 Å². The molecule has 14 heavy (non-hydrogen) atoms. The van der Waals surface area contributed by atoms with Gasteiger partial charge in [0.1, 0.15) is 0 Å². The Morgan fingerprint density at radius 2 is 2.14 bits per heavy atom. The van der Waals surface area contributed by atoms with Crippen molar-refractivity contribution in [2.75, 3.05) is 19.8 Å². The minimum Gasteiger partial charge on any atom is -0.398 e. The third-order valence-corrected chi connectivity index (χ3v) is 2.48. The molecule has 0 aliphatic heterocycles. The van der Waals surface area contributed by atoms with Gasteiger partial charge in [0.05, 0.1) is 10.0 Å². The Bertz CT molecular complexity index is 352. The summed E-state index contributed by atoms with van der Waals surface area (Å²) in [5.41, 5.74) is 9.36. The van der Waals surface area contributed by atoms with Crippen LogP contribution in [0.2, 0.25) is 0 Å². The van der Waals surface area contributed by atoms with Crippen LogP contribution in [0.15, 0.2) is 22.7 Å². The molecular weight excluding hydrogens is 246 g/mol. The minimum atomic E-state index is -0.186. The van der Waals surface area contributed by atoms with Crippen LogP contribution < -0.4 is 11.2 Å². The molecule has 0 heterocycles. The van der Waals surface area contributed by atoms with E-state index in [1.165, 1.54) is 0 Å². The molecular formula is C9H12BrN3O. The number of carbonyl (C=O) groups excluding carboxylic acids is 1. The predicted octanol–water partition coefficient (Wildman–Crippen LogP) is 1.24. The highest BCUT2D eigenvalue weighted by Crippen LogP contribution is 2.23. The molecule has 0 fully saturated rings. The van der Waals surface area contributed by atoms with Gasteiger partial charge in [-0.25, -0.2) is 5.01 Å². The van der Waals surface area contributed by atoms with E-state index in [2.05, 4.69) is 21.4 Å². The van der Waals surface area contributed by atoms with E-state index in [-0.39, 0.29) is 5.91 Å². The van der Waals surface area contributed by atoms with Crippen molar-refractivity contribution in [1.29, 1.82) is 0 Å². The van der Waals surface area contributed by atoms with Gasteiger partial charge in [-0.1, -0.05) is 6.07 Å². The summed E-state index contributed by atoms with van der Waals surface area (Å²) in [4.78, 5) is 11.6. The first-order valence-electron chi connectivity index (χ1n) is 4.04. The van der Waals surface area contributed by atoms with Crippen LogP contribution in [0, 0.1) is 0 Å². The molecule has 76 valence electrons. The fourth-order valence-electron chi connectivity index (χ4n) is 0.989. The van der Waals surface area contributed by atoms with Crippen LogP contribution in [0.1, 0.15) is 10.4 Å². The number of hydrogen-bond donors (Lipinski definition) is 2. The Morgan fingerprint density at radius 1 is 1.50 bits per heavy atom. The Labute approximate surface area is 91.2 Å². The highest BCUT2D eigenvalue weighted by Gasteiger charge is 2.11. The molecule has 0 bridgehead atoms. The highest BCUT2D eigenvalue weighted by atomic mass is 79.9. The van der Waals surface area contributed by atoms with Gasteiger partial charge in [-0.2, -0.15) is 0 Å². The third kappa shape index (κ3) is 2.46. The monoisotopic (exact) mass is 257 g/mol. The normalized spacial score (nSPS) is 10.3. The van der Waals surface area contributed by atoms with Crippen molar-refractivity contribution in [3.8, 4) is 0 Å².